The third-order valence-corrected chi connectivity index (χ3v) is 24.8. The first-order chi connectivity index (χ1) is 44.1. The minimum atomic E-state index is -1.91. The zero-order valence-corrected chi connectivity index (χ0v) is 54.6. The summed E-state index contributed by atoms with van der Waals surface area (Å²) in [5.41, 5.74) is -1.40. The van der Waals surface area contributed by atoms with E-state index < -0.39 is 221 Å². The van der Waals surface area contributed by atoms with Crippen LogP contribution in [-0.4, -0.2) is 304 Å². The van der Waals surface area contributed by atoms with Gasteiger partial charge in [-0.25, -0.2) is 0 Å². The van der Waals surface area contributed by atoms with Gasteiger partial charge in [0.05, 0.1) is 50.7 Å². The average Bonchev–Trinajstić information content (AvgIpc) is 0.676. The fourth-order valence-electron chi connectivity index (χ4n) is 18.7. The molecule has 10 fully saturated rings. The van der Waals surface area contributed by atoms with Crippen molar-refractivity contribution in [2.24, 2.45) is 50.2 Å². The molecule has 30 nitrogen and oxygen atoms in total. The zero-order valence-electron chi connectivity index (χ0n) is 54.6. The molecule has 30 heteroatoms. The highest BCUT2D eigenvalue weighted by Crippen LogP contribution is 2.76. The van der Waals surface area contributed by atoms with Crippen molar-refractivity contribution >= 4 is 5.97 Å². The van der Waals surface area contributed by atoms with Crippen molar-refractivity contribution < 1.29 is 148 Å². The molecule has 36 atom stereocenters. The number of hydrogen-bond acceptors (Lipinski definition) is 30. The van der Waals surface area contributed by atoms with Crippen molar-refractivity contribution in [2.75, 3.05) is 33.0 Å². The molecule has 6 saturated heterocycles. The first-order valence-corrected chi connectivity index (χ1v) is 33.5. The van der Waals surface area contributed by atoms with Gasteiger partial charge in [0, 0.05) is 0 Å². The lowest BCUT2D eigenvalue weighted by molar-refractivity contribution is -0.382. The van der Waals surface area contributed by atoms with E-state index in [-0.39, 0.29) is 46.0 Å². The molecule has 0 unspecified atom stereocenters. The Kier molecular flexibility index (Phi) is 21.4. The van der Waals surface area contributed by atoms with Crippen molar-refractivity contribution in [2.45, 2.75) is 298 Å². The average molecular weight is 1350 g/mol. The summed E-state index contributed by atoms with van der Waals surface area (Å²) in [5.74, 6) is -0.590. The molecule has 5 aliphatic carbocycles. The first kappa shape index (κ1) is 73.3. The molecule has 0 aromatic heterocycles. The first-order valence-electron chi connectivity index (χ1n) is 33.5. The number of allylic oxidation sites excluding steroid dienone is 2. The number of carbonyl (C=O) groups excluding carboxylic acids is 1. The van der Waals surface area contributed by atoms with Gasteiger partial charge < -0.3 is 144 Å². The Hall–Kier alpha value is -1.91. The molecule has 17 N–H and O–H groups in total. The fourth-order valence-corrected chi connectivity index (χ4v) is 18.7. The lowest BCUT2D eigenvalue weighted by Gasteiger charge is -2.71. The number of ether oxygens (including phenoxy) is 12. The predicted octanol–water partition coefficient (Wildman–Crippen LogP) is -4.08. The van der Waals surface area contributed by atoms with E-state index >= 15 is 4.79 Å². The number of fused-ring (bicyclic) bond motifs is 7. The lowest BCUT2D eigenvalue weighted by Crippen LogP contribution is -2.66. The minimum absolute atomic E-state index is 0.0940. The van der Waals surface area contributed by atoms with Gasteiger partial charge in [-0.3, -0.25) is 4.79 Å². The van der Waals surface area contributed by atoms with Crippen molar-refractivity contribution in [1.82, 2.24) is 0 Å². The molecular formula is C64H104O30. The monoisotopic (exact) mass is 1350 g/mol. The predicted molar refractivity (Wildman–Crippen MR) is 315 cm³/mol. The maximum Gasteiger partial charge on any atom is 0.315 e. The third kappa shape index (κ3) is 12.6. The van der Waals surface area contributed by atoms with E-state index in [4.69, 9.17) is 56.8 Å². The van der Waals surface area contributed by atoms with Crippen molar-refractivity contribution in [3.05, 3.63) is 11.6 Å². The molecule has 0 bridgehead atoms. The van der Waals surface area contributed by atoms with Crippen LogP contribution in [0, 0.1) is 50.2 Å². The molecule has 540 valence electrons. The van der Waals surface area contributed by atoms with E-state index in [0.717, 1.165) is 25.7 Å². The molecule has 6 aliphatic heterocycles. The van der Waals surface area contributed by atoms with Crippen molar-refractivity contribution in [3.8, 4) is 0 Å². The molecule has 0 amide bonds. The van der Waals surface area contributed by atoms with Crippen LogP contribution < -0.4 is 0 Å². The molecule has 6 heterocycles. The molecule has 4 saturated carbocycles. The van der Waals surface area contributed by atoms with E-state index in [1.54, 1.807) is 0 Å². The molecule has 94 heavy (non-hydrogen) atoms. The normalized spacial score (nSPS) is 54.2. The van der Waals surface area contributed by atoms with Gasteiger partial charge in [-0.15, -0.1) is 0 Å². The van der Waals surface area contributed by atoms with Crippen LogP contribution in [0.1, 0.15) is 120 Å². The topological polar surface area (TPSA) is 472 Å². The van der Waals surface area contributed by atoms with Crippen molar-refractivity contribution in [1.29, 1.82) is 0 Å². The minimum Gasteiger partial charge on any atom is -0.432 e. The summed E-state index contributed by atoms with van der Waals surface area (Å²) in [4.78, 5) is 15.2. The number of carbonyl (C=O) groups is 1. The largest absolute Gasteiger partial charge is 0.432 e. The van der Waals surface area contributed by atoms with Gasteiger partial charge in [-0.05, 0) is 116 Å². The van der Waals surface area contributed by atoms with Gasteiger partial charge in [0.15, 0.2) is 31.5 Å². The van der Waals surface area contributed by atoms with Crippen LogP contribution in [0.3, 0.4) is 0 Å². The van der Waals surface area contributed by atoms with Crippen LogP contribution in [0.25, 0.3) is 0 Å². The van der Waals surface area contributed by atoms with Crippen molar-refractivity contribution in [3.63, 3.8) is 0 Å². The van der Waals surface area contributed by atoms with Gasteiger partial charge in [0.1, 0.15) is 128 Å². The summed E-state index contributed by atoms with van der Waals surface area (Å²) in [5, 5.41) is 183. The summed E-state index contributed by atoms with van der Waals surface area (Å²) in [6.07, 6.45) is -37.0. The smallest absolute Gasteiger partial charge is 0.315 e. The van der Waals surface area contributed by atoms with E-state index in [1.165, 1.54) is 12.5 Å². The lowest BCUT2D eigenvalue weighted by atomic mass is 9.33. The molecule has 11 rings (SSSR count). The Morgan fingerprint density at radius 1 is 0.511 bits per heavy atom. The molecule has 11 aliphatic rings. The van der Waals surface area contributed by atoms with E-state index in [1.807, 2.05) is 0 Å². The van der Waals surface area contributed by atoms with Gasteiger partial charge >= 0.3 is 5.97 Å². The Morgan fingerprint density at radius 3 is 1.73 bits per heavy atom. The van der Waals surface area contributed by atoms with Crippen LogP contribution >= 0.6 is 0 Å². The van der Waals surface area contributed by atoms with Crippen LogP contribution in [-0.2, 0) is 61.6 Å². The fraction of sp³-hybridized carbons (Fsp3) is 0.953. The molecule has 0 aromatic rings. The Balaban J connectivity index is 0.756. The second kappa shape index (κ2) is 27.5. The summed E-state index contributed by atoms with van der Waals surface area (Å²) in [6, 6.07) is 0. The molecule has 0 aromatic carbocycles. The molecule has 0 spiro atoms. The van der Waals surface area contributed by atoms with Crippen LogP contribution in [0.4, 0.5) is 0 Å². The quantitative estimate of drug-likeness (QED) is 0.0421. The second-order valence-corrected chi connectivity index (χ2v) is 31.0. The Morgan fingerprint density at radius 2 is 1.07 bits per heavy atom. The zero-order chi connectivity index (χ0) is 68.4. The number of aliphatic hydroxyl groups excluding tert-OH is 17. The van der Waals surface area contributed by atoms with E-state index in [2.05, 4.69) is 54.5 Å². The maximum atomic E-state index is 15.2. The Bertz CT molecular complexity index is 2640. The number of hydrogen-bond donors (Lipinski definition) is 17. The van der Waals surface area contributed by atoms with Crippen LogP contribution in [0.5, 0.6) is 0 Å². The molecule has 0 radical (unpaired) electrons. The highest BCUT2D eigenvalue weighted by Gasteiger charge is 2.70. The second-order valence-electron chi connectivity index (χ2n) is 31.0. The summed E-state index contributed by atoms with van der Waals surface area (Å²) >= 11 is 0. The van der Waals surface area contributed by atoms with Gasteiger partial charge in [0.2, 0.25) is 6.29 Å². The van der Waals surface area contributed by atoms with E-state index in [0.29, 0.717) is 38.5 Å². The van der Waals surface area contributed by atoms with Crippen LogP contribution in [0.2, 0.25) is 0 Å². The SMILES string of the molecule is C[C@@H]1O[C@@H](O[C@H]2[C@H](O[C@H]3CC[C@]4(C)[C@H]5CC=C6[C@H]7CC(C)(C)CC[C@]7(C(=O)O[C@@H]7O[C@H](CO[C@@H]8O[C@H](CO)[C@@H](O)[C@H](O)[C@H]8O)[C@@H](O)[C@H](O)[C@H]7O)CC[C@@]6(C)[C@]5(C)CC[C@H]4C3(C)C)OC[C@H](O)[C@@H]2O)[C@H](O)[C@H](O[C@H]2OC[C@H](O[C@@H]3O[C@H](CO)[C@@H](O)[C@H](O)[C@H]3O)[C@@H](O)[C@@H]2O)[C@H]1O. The standard InChI is InChI=1S/C64H104O30/c1-25-36(68)50(92-53-45(77)41(73)32(24-85-53)89-54-47(79)43(75)39(71)30(21-66)88-54)49(81)56(86-25)93-51-37(69)28(67)22-83-57(51)91-35-12-13-61(6)33(60(35,4)5)11-14-63(8)34(61)10-9-26-27-19-59(2,3)15-17-64(27,18-16-62(26,63)7)58(82)94-55-48(80)44(76)40(72)31(90-55)23-84-52-46(78)42(74)38(70)29(20-65)87-52/h9,25,27-57,65-81H,10-24H2,1-8H3/t25-,27+,28-,29+,30+,31+,32-,33-,34+,35-,36-,37-,38+,39+,40+,41+,42-,43-,44-,45-,46+,47+,48+,49+,50+,51+,52+,53+,54-,55-,56-,57-,61-,62+,63+,64-/m0/s1. The summed E-state index contributed by atoms with van der Waals surface area (Å²) in [6.45, 7) is 14.5. The number of rotatable bonds is 15. The maximum absolute atomic E-state index is 15.2. The molecular weight excluding hydrogens is 1250 g/mol. The Labute approximate surface area is 545 Å². The number of aliphatic hydroxyl groups is 17. The summed E-state index contributed by atoms with van der Waals surface area (Å²) in [7, 11) is 0. The highest BCUT2D eigenvalue weighted by molar-refractivity contribution is 5.79. The van der Waals surface area contributed by atoms with Gasteiger partial charge in [-0.1, -0.05) is 60.1 Å². The highest BCUT2D eigenvalue weighted by atomic mass is 16.8. The van der Waals surface area contributed by atoms with Gasteiger partial charge in [-0.2, -0.15) is 0 Å². The van der Waals surface area contributed by atoms with Gasteiger partial charge in [0.25, 0.3) is 0 Å². The van der Waals surface area contributed by atoms with Crippen LogP contribution in [0.15, 0.2) is 11.6 Å². The number of esters is 1. The summed E-state index contributed by atoms with van der Waals surface area (Å²) < 4.78 is 71.3. The third-order valence-electron chi connectivity index (χ3n) is 24.8. The van der Waals surface area contributed by atoms with E-state index in [9.17, 15) is 86.8 Å².